The molecule has 6 nitrogen and oxygen atoms in total. The van der Waals surface area contributed by atoms with Crippen LogP contribution in [0.4, 0.5) is 0 Å². The van der Waals surface area contributed by atoms with Gasteiger partial charge >= 0.3 is 0 Å². The molecular formula is C17H22N2O4S. The number of benzene rings is 1. The fourth-order valence-corrected chi connectivity index (χ4v) is 3.66. The maximum atomic E-state index is 12.4. The number of hydrogen-bond donors (Lipinski definition) is 2. The van der Waals surface area contributed by atoms with Crippen LogP contribution in [0.1, 0.15) is 12.8 Å². The maximum absolute atomic E-state index is 12.4. The molecule has 2 aliphatic heterocycles. The molecule has 130 valence electrons. The van der Waals surface area contributed by atoms with E-state index in [0.717, 1.165) is 19.5 Å². The first-order valence-corrected chi connectivity index (χ1v) is 9.47. The highest BCUT2D eigenvalue weighted by molar-refractivity contribution is 7.85. The third kappa shape index (κ3) is 4.58. The van der Waals surface area contributed by atoms with Crippen molar-refractivity contribution in [2.24, 2.45) is 0 Å². The van der Waals surface area contributed by atoms with Crippen LogP contribution in [0.25, 0.3) is 0 Å². The molecule has 0 saturated heterocycles. The van der Waals surface area contributed by atoms with Gasteiger partial charge in [0.2, 0.25) is 5.91 Å². The summed E-state index contributed by atoms with van der Waals surface area (Å²) in [5.41, 5.74) is 1.25. The van der Waals surface area contributed by atoms with E-state index in [4.69, 9.17) is 9.47 Å². The van der Waals surface area contributed by atoms with Crippen LogP contribution in [0.15, 0.2) is 34.7 Å². The Bertz CT molecular complexity index is 660. The first-order valence-electron chi connectivity index (χ1n) is 8.16. The fraction of sp³-hybridized carbons (Fsp3) is 0.471. The molecule has 2 aliphatic rings. The average Bonchev–Trinajstić information content (AvgIpc) is 2.65. The summed E-state index contributed by atoms with van der Waals surface area (Å²) in [6.07, 6.45) is 3.31. The lowest BCUT2D eigenvalue weighted by Gasteiger charge is -2.18. The molecule has 7 heteroatoms. The lowest BCUT2D eigenvalue weighted by Crippen LogP contribution is -2.30. The van der Waals surface area contributed by atoms with Crippen molar-refractivity contribution in [2.75, 3.05) is 38.6 Å². The maximum Gasteiger partial charge on any atom is 0.221 e. The number of rotatable bonds is 6. The lowest BCUT2D eigenvalue weighted by atomic mass is 10.1. The van der Waals surface area contributed by atoms with Crippen LogP contribution in [-0.4, -0.2) is 48.7 Å². The van der Waals surface area contributed by atoms with Gasteiger partial charge in [-0.15, -0.1) is 0 Å². The molecule has 0 aliphatic carbocycles. The van der Waals surface area contributed by atoms with E-state index in [-0.39, 0.29) is 12.3 Å². The summed E-state index contributed by atoms with van der Waals surface area (Å²) in [4.78, 5) is 12.6. The third-order valence-corrected chi connectivity index (χ3v) is 5.32. The lowest BCUT2D eigenvalue weighted by molar-refractivity contribution is -0.120. The van der Waals surface area contributed by atoms with E-state index in [1.54, 1.807) is 18.2 Å². The third-order valence-electron chi connectivity index (χ3n) is 3.96. The van der Waals surface area contributed by atoms with Crippen LogP contribution >= 0.6 is 0 Å². The van der Waals surface area contributed by atoms with Gasteiger partial charge in [0.15, 0.2) is 11.5 Å². The minimum Gasteiger partial charge on any atom is -0.486 e. The molecule has 2 N–H and O–H groups in total. The van der Waals surface area contributed by atoms with Gasteiger partial charge in [0.1, 0.15) is 13.2 Å². The van der Waals surface area contributed by atoms with Gasteiger partial charge in [-0.3, -0.25) is 9.00 Å². The van der Waals surface area contributed by atoms with Crippen molar-refractivity contribution in [1.29, 1.82) is 0 Å². The van der Waals surface area contributed by atoms with Gasteiger partial charge in [-0.05, 0) is 25.1 Å². The van der Waals surface area contributed by atoms with Gasteiger partial charge in [-0.25, -0.2) is 0 Å². The van der Waals surface area contributed by atoms with Gasteiger partial charge < -0.3 is 20.1 Å². The molecule has 24 heavy (non-hydrogen) atoms. The Kier molecular flexibility index (Phi) is 5.87. The molecule has 1 amide bonds. The van der Waals surface area contributed by atoms with E-state index in [2.05, 4.69) is 16.7 Å². The van der Waals surface area contributed by atoms with Crippen LogP contribution in [0.2, 0.25) is 0 Å². The number of nitrogens with one attached hydrogen (secondary N) is 2. The molecule has 0 saturated carbocycles. The van der Waals surface area contributed by atoms with Crippen molar-refractivity contribution in [3.63, 3.8) is 0 Å². The molecule has 0 spiro atoms. The summed E-state index contributed by atoms with van der Waals surface area (Å²) in [5.74, 6) is 1.52. The summed E-state index contributed by atoms with van der Waals surface area (Å²) >= 11 is 0. The molecule has 1 atom stereocenters. The fourth-order valence-electron chi connectivity index (χ4n) is 2.60. The van der Waals surface area contributed by atoms with Gasteiger partial charge in [-0.2, -0.15) is 0 Å². The summed E-state index contributed by atoms with van der Waals surface area (Å²) < 4.78 is 23.3. The predicted molar refractivity (Wildman–Crippen MR) is 91.9 cm³/mol. The van der Waals surface area contributed by atoms with Crippen LogP contribution in [0.5, 0.6) is 11.5 Å². The van der Waals surface area contributed by atoms with E-state index < -0.39 is 10.8 Å². The summed E-state index contributed by atoms with van der Waals surface area (Å²) in [6.45, 7) is 3.42. The number of hydrogen-bond acceptors (Lipinski definition) is 5. The molecule has 1 aromatic rings. The van der Waals surface area contributed by atoms with E-state index in [9.17, 15) is 9.00 Å². The zero-order valence-electron chi connectivity index (χ0n) is 13.5. The van der Waals surface area contributed by atoms with E-state index in [0.29, 0.717) is 41.9 Å². The van der Waals surface area contributed by atoms with Crippen LogP contribution in [-0.2, 0) is 15.6 Å². The molecule has 1 aromatic carbocycles. The van der Waals surface area contributed by atoms with Crippen molar-refractivity contribution in [3.8, 4) is 11.5 Å². The van der Waals surface area contributed by atoms with Crippen molar-refractivity contribution < 1.29 is 18.5 Å². The van der Waals surface area contributed by atoms with Crippen molar-refractivity contribution in [2.45, 2.75) is 17.7 Å². The smallest absolute Gasteiger partial charge is 0.221 e. The van der Waals surface area contributed by atoms with Crippen molar-refractivity contribution >= 4 is 16.7 Å². The summed E-state index contributed by atoms with van der Waals surface area (Å²) in [5, 5.41) is 6.13. The Morgan fingerprint density at radius 2 is 2.08 bits per heavy atom. The highest BCUT2D eigenvalue weighted by Crippen LogP contribution is 2.31. The number of fused-ring (bicyclic) bond motifs is 1. The zero-order valence-corrected chi connectivity index (χ0v) is 14.3. The van der Waals surface area contributed by atoms with E-state index in [1.807, 2.05) is 0 Å². The molecule has 0 radical (unpaired) electrons. The molecule has 3 rings (SSSR count). The minimum absolute atomic E-state index is 0.0691. The zero-order chi connectivity index (χ0) is 16.8. The Labute approximate surface area is 144 Å². The van der Waals surface area contributed by atoms with Gasteiger partial charge in [0.05, 0.1) is 10.8 Å². The second kappa shape index (κ2) is 8.30. The molecule has 0 fully saturated rings. The second-order valence-corrected chi connectivity index (χ2v) is 7.27. The predicted octanol–water partition coefficient (Wildman–Crippen LogP) is 0.991. The van der Waals surface area contributed by atoms with E-state index in [1.165, 1.54) is 5.57 Å². The number of carbonyl (C=O) groups excluding carboxylic acids is 1. The average molecular weight is 350 g/mol. The van der Waals surface area contributed by atoms with E-state index >= 15 is 0 Å². The van der Waals surface area contributed by atoms with Gasteiger partial charge in [0.25, 0.3) is 0 Å². The highest BCUT2D eigenvalue weighted by Gasteiger charge is 2.15. The Morgan fingerprint density at radius 3 is 2.88 bits per heavy atom. The SMILES string of the molecule is O=C(CCS(=O)c1ccc2c(c1)OCCO2)NCC1=CCNCC1. The van der Waals surface area contributed by atoms with Gasteiger partial charge in [0, 0.05) is 36.2 Å². The standard InChI is InChI=1S/C17H22N2O4S/c20-17(19-12-13-3-6-18-7-4-13)5-10-24(21)14-1-2-15-16(11-14)23-9-8-22-15/h1-3,11,18H,4-10,12H2,(H,19,20). The molecule has 0 aromatic heterocycles. The largest absolute Gasteiger partial charge is 0.486 e. The first-order chi connectivity index (χ1) is 11.7. The van der Waals surface area contributed by atoms with Crippen molar-refractivity contribution in [3.05, 3.63) is 29.8 Å². The minimum atomic E-state index is -1.23. The Morgan fingerprint density at radius 1 is 1.25 bits per heavy atom. The molecule has 1 unspecified atom stereocenters. The molecule has 0 bridgehead atoms. The van der Waals surface area contributed by atoms with Crippen molar-refractivity contribution in [1.82, 2.24) is 10.6 Å². The molecule has 2 heterocycles. The second-order valence-electron chi connectivity index (χ2n) is 5.70. The normalized spacial score (nSPS) is 17.8. The molecular weight excluding hydrogens is 328 g/mol. The number of ether oxygens (including phenoxy) is 2. The number of carbonyl (C=O) groups is 1. The quantitative estimate of drug-likeness (QED) is 0.749. The topological polar surface area (TPSA) is 76.7 Å². The highest BCUT2D eigenvalue weighted by atomic mass is 32.2. The summed E-state index contributed by atoms with van der Waals surface area (Å²) in [6, 6.07) is 5.27. The summed E-state index contributed by atoms with van der Waals surface area (Å²) in [7, 11) is -1.23. The first kappa shape index (κ1) is 17.0. The monoisotopic (exact) mass is 350 g/mol. The number of amides is 1. The Balaban J connectivity index is 1.46. The van der Waals surface area contributed by atoms with Crippen LogP contribution in [0, 0.1) is 0 Å². The van der Waals surface area contributed by atoms with Crippen LogP contribution in [0.3, 0.4) is 0 Å². The van der Waals surface area contributed by atoms with Gasteiger partial charge in [-0.1, -0.05) is 11.6 Å². The van der Waals surface area contributed by atoms with Crippen LogP contribution < -0.4 is 20.1 Å². The Hall–Kier alpha value is -1.86.